The number of hydrogen-bond acceptors (Lipinski definition) is 3. The number of thioether (sulfide) groups is 1. The maximum absolute atomic E-state index is 4.91. The van der Waals surface area contributed by atoms with Crippen LogP contribution in [0.5, 0.6) is 0 Å². The molecule has 3 heteroatoms. The summed E-state index contributed by atoms with van der Waals surface area (Å²) in [5.74, 6) is 0. The topological polar surface area (TPSA) is 24.7 Å². The van der Waals surface area contributed by atoms with E-state index in [-0.39, 0.29) is 0 Å². The molecular formula is C24H26N2S. The van der Waals surface area contributed by atoms with Gasteiger partial charge in [0.1, 0.15) is 0 Å². The molecule has 27 heavy (non-hydrogen) atoms. The lowest BCUT2D eigenvalue weighted by molar-refractivity contribution is 0.420. The number of rotatable bonds is 5. The van der Waals surface area contributed by atoms with E-state index < -0.39 is 4.87 Å². The van der Waals surface area contributed by atoms with Crippen molar-refractivity contribution in [1.29, 1.82) is 0 Å². The molecule has 0 aliphatic heterocycles. The molecule has 2 nitrogen and oxygen atoms in total. The minimum Gasteiger partial charge on any atom is -0.189 e. The lowest BCUT2D eigenvalue weighted by Crippen LogP contribution is -2.16. The molecule has 0 N–H and O–H groups in total. The molecule has 1 aliphatic rings. The van der Waals surface area contributed by atoms with Crippen LogP contribution in [0.4, 0.5) is 0 Å². The molecule has 0 heterocycles. The van der Waals surface area contributed by atoms with E-state index in [1.807, 2.05) is 0 Å². The second-order valence-corrected chi connectivity index (χ2v) is 8.94. The normalized spacial score (nSPS) is 18.0. The molecule has 0 aromatic heterocycles. The van der Waals surface area contributed by atoms with Crippen molar-refractivity contribution in [3.8, 4) is 0 Å². The quantitative estimate of drug-likeness (QED) is 0.333. The summed E-state index contributed by atoms with van der Waals surface area (Å²) in [4.78, 5) is 0.809. The van der Waals surface area contributed by atoms with Gasteiger partial charge < -0.3 is 0 Å². The molecule has 4 rings (SSSR count). The van der Waals surface area contributed by atoms with E-state index in [9.17, 15) is 0 Å². The van der Waals surface area contributed by atoms with Gasteiger partial charge in [-0.3, -0.25) is 0 Å². The molecule has 1 atom stereocenters. The lowest BCUT2D eigenvalue weighted by Gasteiger charge is -2.26. The Morgan fingerprint density at radius 1 is 0.815 bits per heavy atom. The fourth-order valence-corrected chi connectivity index (χ4v) is 4.86. The standard InChI is InChI=1S/C24H26N2S/c1-24(21-12-4-2-5-13-21,26-25-22-14-6-3-7-15-22)27-23-17-16-19-10-8-9-11-20(19)18-23/h2,4-5,8-13,16-18,22H,3,6-7,14-15H2,1H3. The van der Waals surface area contributed by atoms with Crippen molar-refractivity contribution < 1.29 is 0 Å². The van der Waals surface area contributed by atoms with E-state index in [2.05, 4.69) is 79.7 Å². The van der Waals surface area contributed by atoms with Crippen molar-refractivity contribution in [3.63, 3.8) is 0 Å². The summed E-state index contributed by atoms with van der Waals surface area (Å²) in [5.41, 5.74) is 1.20. The van der Waals surface area contributed by atoms with Crippen LogP contribution in [0.15, 0.2) is 87.9 Å². The molecule has 1 saturated carbocycles. The van der Waals surface area contributed by atoms with Gasteiger partial charge in [0.05, 0.1) is 6.04 Å². The fourth-order valence-electron chi connectivity index (χ4n) is 3.73. The number of nitrogens with zero attached hydrogens (tertiary/aromatic N) is 2. The summed E-state index contributed by atoms with van der Waals surface area (Å²) < 4.78 is 0. The van der Waals surface area contributed by atoms with Gasteiger partial charge in [0, 0.05) is 4.90 Å². The number of benzene rings is 3. The van der Waals surface area contributed by atoms with Gasteiger partial charge >= 0.3 is 0 Å². The first-order chi connectivity index (χ1) is 13.2. The Morgan fingerprint density at radius 2 is 1.52 bits per heavy atom. The van der Waals surface area contributed by atoms with Crippen LogP contribution in [0, 0.1) is 0 Å². The van der Waals surface area contributed by atoms with Gasteiger partial charge in [0.15, 0.2) is 4.87 Å². The third-order valence-electron chi connectivity index (χ3n) is 5.33. The average molecular weight is 375 g/mol. The Bertz CT molecular complexity index is 916. The van der Waals surface area contributed by atoms with Gasteiger partial charge in [-0.1, -0.05) is 91.7 Å². The lowest BCUT2D eigenvalue weighted by atomic mass is 9.96. The van der Waals surface area contributed by atoms with Crippen molar-refractivity contribution >= 4 is 22.5 Å². The van der Waals surface area contributed by atoms with Crippen LogP contribution in [-0.4, -0.2) is 6.04 Å². The zero-order chi connectivity index (χ0) is 18.5. The fraction of sp³-hybridized carbons (Fsp3) is 0.333. The smallest absolute Gasteiger partial charge is 0.153 e. The summed E-state index contributed by atoms with van der Waals surface area (Å²) in [6.07, 6.45) is 6.25. The van der Waals surface area contributed by atoms with E-state index >= 15 is 0 Å². The minimum absolute atomic E-state index is 0.388. The molecule has 0 spiro atoms. The predicted molar refractivity (Wildman–Crippen MR) is 115 cm³/mol. The molecule has 0 saturated heterocycles. The molecule has 3 aromatic rings. The van der Waals surface area contributed by atoms with E-state index in [4.69, 9.17) is 10.2 Å². The number of azo groups is 1. The Labute approximate surface area is 166 Å². The molecule has 138 valence electrons. The van der Waals surface area contributed by atoms with E-state index in [0.717, 1.165) is 0 Å². The summed E-state index contributed by atoms with van der Waals surface area (Å²) in [6.45, 7) is 2.19. The summed E-state index contributed by atoms with van der Waals surface area (Å²) >= 11 is 1.79. The third-order valence-corrected chi connectivity index (χ3v) is 6.54. The number of fused-ring (bicyclic) bond motifs is 1. The van der Waals surface area contributed by atoms with Gasteiger partial charge in [0.25, 0.3) is 0 Å². The zero-order valence-electron chi connectivity index (χ0n) is 15.8. The van der Waals surface area contributed by atoms with Gasteiger partial charge in [-0.25, -0.2) is 0 Å². The SMILES string of the molecule is CC(N=NC1CCCCC1)(Sc1ccc2ccccc2c1)c1ccccc1. The first-order valence-electron chi connectivity index (χ1n) is 9.88. The second-order valence-electron chi connectivity index (χ2n) is 7.47. The van der Waals surface area contributed by atoms with E-state index in [1.165, 1.54) is 53.3 Å². The Balaban J connectivity index is 1.65. The Kier molecular flexibility index (Phi) is 5.58. The predicted octanol–water partition coefficient (Wildman–Crippen LogP) is 7.59. The molecule has 0 radical (unpaired) electrons. The van der Waals surface area contributed by atoms with Crippen LogP contribution in [0.3, 0.4) is 0 Å². The van der Waals surface area contributed by atoms with Crippen molar-refractivity contribution in [3.05, 3.63) is 78.4 Å². The number of hydrogen-bond donors (Lipinski definition) is 0. The zero-order valence-corrected chi connectivity index (χ0v) is 16.7. The van der Waals surface area contributed by atoms with Gasteiger partial charge in [-0.05, 0) is 48.2 Å². The van der Waals surface area contributed by atoms with Crippen molar-refractivity contribution in [2.24, 2.45) is 10.2 Å². The first-order valence-corrected chi connectivity index (χ1v) is 10.7. The molecule has 0 bridgehead atoms. The van der Waals surface area contributed by atoms with Gasteiger partial charge in [0.2, 0.25) is 0 Å². The van der Waals surface area contributed by atoms with E-state index in [0.29, 0.717) is 6.04 Å². The molecule has 1 unspecified atom stereocenters. The Morgan fingerprint density at radius 3 is 2.30 bits per heavy atom. The monoisotopic (exact) mass is 374 g/mol. The molecular weight excluding hydrogens is 348 g/mol. The largest absolute Gasteiger partial charge is 0.189 e. The van der Waals surface area contributed by atoms with Crippen molar-refractivity contribution in [1.82, 2.24) is 0 Å². The highest BCUT2D eigenvalue weighted by atomic mass is 32.2. The highest BCUT2D eigenvalue weighted by Gasteiger charge is 2.28. The maximum atomic E-state index is 4.91. The first kappa shape index (κ1) is 18.2. The van der Waals surface area contributed by atoms with Crippen LogP contribution >= 0.6 is 11.8 Å². The summed E-state index contributed by atoms with van der Waals surface area (Å²) in [7, 11) is 0. The summed E-state index contributed by atoms with van der Waals surface area (Å²) in [5, 5.41) is 12.2. The second kappa shape index (κ2) is 8.26. The molecule has 1 aliphatic carbocycles. The van der Waals surface area contributed by atoms with E-state index in [1.54, 1.807) is 11.8 Å². The molecule has 0 amide bonds. The third kappa shape index (κ3) is 4.41. The summed E-state index contributed by atoms with van der Waals surface area (Å²) in [6, 6.07) is 26.1. The van der Waals surface area contributed by atoms with Crippen molar-refractivity contribution in [2.45, 2.75) is 54.8 Å². The molecule has 1 fully saturated rings. The Hall–Kier alpha value is -2.13. The maximum Gasteiger partial charge on any atom is 0.153 e. The van der Waals surface area contributed by atoms with Crippen LogP contribution < -0.4 is 0 Å². The molecule has 3 aromatic carbocycles. The van der Waals surface area contributed by atoms with Crippen LogP contribution in [0.25, 0.3) is 10.8 Å². The van der Waals surface area contributed by atoms with Gasteiger partial charge in [-0.15, -0.1) is 0 Å². The van der Waals surface area contributed by atoms with Crippen LogP contribution in [-0.2, 0) is 4.87 Å². The highest BCUT2D eigenvalue weighted by Crippen LogP contribution is 2.43. The minimum atomic E-state index is -0.416. The van der Waals surface area contributed by atoms with Crippen molar-refractivity contribution in [2.75, 3.05) is 0 Å². The average Bonchev–Trinajstić information content (AvgIpc) is 2.74. The van der Waals surface area contributed by atoms with Crippen LogP contribution in [0.1, 0.15) is 44.6 Å². The van der Waals surface area contributed by atoms with Crippen LogP contribution in [0.2, 0.25) is 0 Å². The van der Waals surface area contributed by atoms with Gasteiger partial charge in [-0.2, -0.15) is 10.2 Å². The highest BCUT2D eigenvalue weighted by molar-refractivity contribution is 8.00.